The van der Waals surface area contributed by atoms with Gasteiger partial charge in [0.05, 0.1) is 16.6 Å². The summed E-state index contributed by atoms with van der Waals surface area (Å²) in [5, 5.41) is 9.19. The molecule has 0 amide bonds. The Morgan fingerprint density at radius 3 is 2.26 bits per heavy atom. The van der Waals surface area contributed by atoms with Crippen molar-refractivity contribution in [3.8, 4) is 17.1 Å². The van der Waals surface area contributed by atoms with E-state index in [1.54, 1.807) is 24.3 Å². The summed E-state index contributed by atoms with van der Waals surface area (Å²) in [6.45, 7) is 8.05. The Morgan fingerprint density at radius 2 is 1.62 bits per heavy atom. The molecule has 0 unspecified atom stereocenters. The molecule has 0 radical (unpaired) electrons. The van der Waals surface area contributed by atoms with Crippen molar-refractivity contribution < 1.29 is 28.4 Å². The van der Waals surface area contributed by atoms with Gasteiger partial charge >= 0.3 is 13.1 Å². The first-order chi connectivity index (χ1) is 18.5. The van der Waals surface area contributed by atoms with Crippen molar-refractivity contribution in [2.45, 2.75) is 45.5 Å². The minimum Gasteiger partial charge on any atom is -0.481 e. The monoisotopic (exact) mass is 524 g/mol. The average Bonchev–Trinajstić information content (AvgIpc) is 3.14. The molecule has 7 nitrogen and oxygen atoms in total. The molecule has 5 rings (SSSR count). The summed E-state index contributed by atoms with van der Waals surface area (Å²) in [5.41, 5.74) is 2.10. The van der Waals surface area contributed by atoms with E-state index in [0.29, 0.717) is 16.7 Å². The van der Waals surface area contributed by atoms with Crippen LogP contribution in [0, 0.1) is 0 Å². The van der Waals surface area contributed by atoms with E-state index >= 15 is 0 Å². The molecule has 1 aromatic heterocycles. The van der Waals surface area contributed by atoms with Gasteiger partial charge in [0, 0.05) is 11.6 Å². The van der Waals surface area contributed by atoms with Gasteiger partial charge in [0.25, 0.3) is 0 Å². The Labute approximate surface area is 226 Å². The molecule has 0 bridgehead atoms. The first-order valence-corrected chi connectivity index (χ1v) is 12.7. The number of ether oxygens (including phenoxy) is 1. The second-order valence-electron chi connectivity index (χ2n) is 10.5. The molecule has 1 saturated heterocycles. The predicted molar refractivity (Wildman–Crippen MR) is 151 cm³/mol. The Kier molecular flexibility index (Phi) is 6.93. The van der Waals surface area contributed by atoms with E-state index in [1.807, 2.05) is 76.2 Å². The van der Waals surface area contributed by atoms with Gasteiger partial charge in [-0.2, -0.15) is 0 Å². The molecule has 198 valence electrons. The SMILES string of the molecule is CC1(C)OB(c2ccc3oc(-c4ccccc4)c(OCc4ccc(/C=C/C(=O)O)cc4)c(=O)c3c2)OC1(C)C. The molecule has 2 heterocycles. The number of carboxylic acids is 1. The Bertz CT molecular complexity index is 1590. The lowest BCUT2D eigenvalue weighted by Gasteiger charge is -2.32. The molecule has 0 spiro atoms. The molecular weight excluding hydrogens is 495 g/mol. The van der Waals surface area contributed by atoms with Crippen LogP contribution in [-0.2, 0) is 20.7 Å². The summed E-state index contributed by atoms with van der Waals surface area (Å²) in [6, 6.07) is 21.9. The van der Waals surface area contributed by atoms with Gasteiger partial charge in [-0.1, -0.05) is 60.7 Å². The smallest absolute Gasteiger partial charge is 0.481 e. The Morgan fingerprint density at radius 1 is 0.949 bits per heavy atom. The van der Waals surface area contributed by atoms with Crippen LogP contribution >= 0.6 is 0 Å². The van der Waals surface area contributed by atoms with Crippen molar-refractivity contribution in [2.75, 3.05) is 0 Å². The third-order valence-electron chi connectivity index (χ3n) is 7.22. The molecule has 0 aliphatic carbocycles. The summed E-state index contributed by atoms with van der Waals surface area (Å²) in [6.07, 6.45) is 2.59. The molecule has 4 aromatic rings. The number of carboxylic acid groups (broad SMARTS) is 1. The van der Waals surface area contributed by atoms with Gasteiger partial charge in [-0.05, 0) is 62.5 Å². The second-order valence-corrected chi connectivity index (χ2v) is 10.5. The topological polar surface area (TPSA) is 95.2 Å². The van der Waals surface area contributed by atoms with E-state index in [9.17, 15) is 9.59 Å². The van der Waals surface area contributed by atoms with E-state index < -0.39 is 24.3 Å². The Hall–Kier alpha value is -4.14. The summed E-state index contributed by atoms with van der Waals surface area (Å²) in [7, 11) is -0.620. The van der Waals surface area contributed by atoms with Crippen molar-refractivity contribution in [1.29, 1.82) is 0 Å². The second kappa shape index (κ2) is 10.2. The van der Waals surface area contributed by atoms with Gasteiger partial charge in [-0.15, -0.1) is 0 Å². The quantitative estimate of drug-likeness (QED) is 0.254. The van der Waals surface area contributed by atoms with Crippen LogP contribution in [0.4, 0.5) is 0 Å². The Balaban J connectivity index is 1.51. The van der Waals surface area contributed by atoms with Crippen LogP contribution in [-0.4, -0.2) is 29.4 Å². The van der Waals surface area contributed by atoms with Crippen LogP contribution in [0.25, 0.3) is 28.4 Å². The van der Waals surface area contributed by atoms with Crippen molar-refractivity contribution in [3.05, 3.63) is 100 Å². The fourth-order valence-electron chi connectivity index (χ4n) is 4.28. The number of hydrogen-bond acceptors (Lipinski definition) is 6. The number of fused-ring (bicyclic) bond motifs is 1. The summed E-state index contributed by atoms with van der Waals surface area (Å²) in [4.78, 5) is 24.6. The fourth-order valence-corrected chi connectivity index (χ4v) is 4.28. The van der Waals surface area contributed by atoms with E-state index in [4.69, 9.17) is 23.6 Å². The summed E-state index contributed by atoms with van der Waals surface area (Å²) < 4.78 is 24.7. The predicted octanol–water partition coefficient (Wildman–Crippen LogP) is 5.44. The zero-order chi connectivity index (χ0) is 27.8. The normalized spacial score (nSPS) is 16.2. The molecule has 8 heteroatoms. The van der Waals surface area contributed by atoms with Crippen LogP contribution < -0.4 is 15.6 Å². The maximum absolute atomic E-state index is 13.8. The van der Waals surface area contributed by atoms with Gasteiger partial charge < -0.3 is 23.6 Å². The number of carbonyl (C=O) groups is 1. The lowest BCUT2D eigenvalue weighted by Crippen LogP contribution is -2.41. The maximum atomic E-state index is 13.8. The standard InChI is InChI=1S/C31H29BO7/c1-30(2)31(3,4)39-32(38-30)23-15-16-25-24(18-23)27(35)29(28(37-25)22-8-6-5-7-9-22)36-19-21-12-10-20(11-13-21)14-17-26(33)34/h5-18H,19H2,1-4H3,(H,33,34)/b17-14+. The highest BCUT2D eigenvalue weighted by atomic mass is 16.7. The first kappa shape index (κ1) is 26.5. The lowest BCUT2D eigenvalue weighted by atomic mass is 9.78. The van der Waals surface area contributed by atoms with Crippen molar-refractivity contribution in [2.24, 2.45) is 0 Å². The first-order valence-electron chi connectivity index (χ1n) is 12.7. The van der Waals surface area contributed by atoms with Crippen molar-refractivity contribution in [3.63, 3.8) is 0 Å². The maximum Gasteiger partial charge on any atom is 0.494 e. The van der Waals surface area contributed by atoms with E-state index in [1.165, 1.54) is 6.08 Å². The highest BCUT2D eigenvalue weighted by molar-refractivity contribution is 6.62. The summed E-state index contributed by atoms with van der Waals surface area (Å²) >= 11 is 0. The van der Waals surface area contributed by atoms with Gasteiger partial charge in [0.15, 0.2) is 5.76 Å². The molecule has 1 aliphatic heterocycles. The number of aliphatic carboxylic acids is 1. The van der Waals surface area contributed by atoms with E-state index in [0.717, 1.165) is 28.2 Å². The van der Waals surface area contributed by atoms with Crippen LogP contribution in [0.1, 0.15) is 38.8 Å². The van der Waals surface area contributed by atoms with Crippen molar-refractivity contribution in [1.82, 2.24) is 0 Å². The zero-order valence-corrected chi connectivity index (χ0v) is 22.3. The highest BCUT2D eigenvalue weighted by Crippen LogP contribution is 2.37. The molecule has 3 aromatic carbocycles. The van der Waals surface area contributed by atoms with E-state index in [2.05, 4.69) is 0 Å². The molecular formula is C31H29BO7. The van der Waals surface area contributed by atoms with Crippen LogP contribution in [0.15, 0.2) is 88.1 Å². The minimum atomic E-state index is -1.01. The highest BCUT2D eigenvalue weighted by Gasteiger charge is 2.51. The minimum absolute atomic E-state index is 0.106. The molecule has 1 N–H and O–H groups in total. The van der Waals surface area contributed by atoms with Crippen molar-refractivity contribution >= 4 is 35.6 Å². The molecule has 1 aliphatic rings. The zero-order valence-electron chi connectivity index (χ0n) is 22.3. The van der Waals surface area contributed by atoms with Gasteiger partial charge in [0.2, 0.25) is 11.2 Å². The molecule has 0 atom stereocenters. The van der Waals surface area contributed by atoms with Gasteiger partial charge in [0.1, 0.15) is 12.2 Å². The third kappa shape index (κ3) is 5.39. The van der Waals surface area contributed by atoms with Gasteiger partial charge in [-0.25, -0.2) is 4.79 Å². The van der Waals surface area contributed by atoms with Crippen LogP contribution in [0.2, 0.25) is 0 Å². The van der Waals surface area contributed by atoms with Crippen LogP contribution in [0.3, 0.4) is 0 Å². The number of hydrogen-bond donors (Lipinski definition) is 1. The lowest BCUT2D eigenvalue weighted by molar-refractivity contribution is -0.131. The fraction of sp³-hybridized carbons (Fsp3) is 0.226. The largest absolute Gasteiger partial charge is 0.494 e. The van der Waals surface area contributed by atoms with Crippen LogP contribution in [0.5, 0.6) is 5.75 Å². The van der Waals surface area contributed by atoms with Gasteiger partial charge in [-0.3, -0.25) is 4.79 Å². The average molecular weight is 524 g/mol. The summed E-state index contributed by atoms with van der Waals surface area (Å²) in [5.74, 6) is -0.562. The number of rotatable bonds is 7. The van der Waals surface area contributed by atoms with E-state index in [-0.39, 0.29) is 17.8 Å². The molecule has 1 fully saturated rings. The third-order valence-corrected chi connectivity index (χ3v) is 7.22. The molecule has 39 heavy (non-hydrogen) atoms. The molecule has 0 saturated carbocycles. The number of benzene rings is 3.